The Kier molecular flexibility index (Phi) is 41.0. The van der Waals surface area contributed by atoms with Crippen molar-refractivity contribution in [3.05, 3.63) is 0 Å². The molecule has 0 aromatic rings. The van der Waals surface area contributed by atoms with Crippen molar-refractivity contribution in [3.63, 3.8) is 0 Å². The van der Waals surface area contributed by atoms with Crippen LogP contribution >= 0.6 is 0 Å². The molecule has 4 heteroatoms. The van der Waals surface area contributed by atoms with E-state index in [-0.39, 0.29) is 5.97 Å². The fourth-order valence-electron chi connectivity index (χ4n) is 6.44. The van der Waals surface area contributed by atoms with Gasteiger partial charge in [0.15, 0.2) is 6.10 Å². The number of esters is 1. The van der Waals surface area contributed by atoms with Gasteiger partial charge in [-0.15, -0.1) is 0 Å². The van der Waals surface area contributed by atoms with Crippen LogP contribution in [-0.4, -0.2) is 38.5 Å². The van der Waals surface area contributed by atoms with Gasteiger partial charge in [-0.05, 0) is 19.3 Å². The number of carbonyl (C=O) groups excluding carboxylic acids is 1. The van der Waals surface area contributed by atoms with E-state index < -0.39 is 6.10 Å². The van der Waals surface area contributed by atoms with E-state index in [1.54, 1.807) is 0 Å². The van der Waals surface area contributed by atoms with Crippen molar-refractivity contribution >= 4 is 5.97 Å². The maximum Gasteiger partial charge on any atom is 0.337 e. The molecular formula is C43H86O4. The summed E-state index contributed by atoms with van der Waals surface area (Å²) in [4.78, 5) is 12.9. The predicted octanol–water partition coefficient (Wildman–Crippen LogP) is 14.3. The maximum atomic E-state index is 12.9. The Hall–Kier alpha value is -0.610. The Morgan fingerprint density at radius 3 is 0.979 bits per heavy atom. The Balaban J connectivity index is 4.03. The third kappa shape index (κ3) is 38.1. The molecular weight excluding hydrogens is 580 g/mol. The lowest BCUT2D eigenvalue weighted by molar-refractivity contribution is -0.161. The van der Waals surface area contributed by atoms with Crippen molar-refractivity contribution < 1.29 is 19.0 Å². The molecule has 1 atom stereocenters. The van der Waals surface area contributed by atoms with Crippen LogP contribution in [0.1, 0.15) is 239 Å². The van der Waals surface area contributed by atoms with Gasteiger partial charge >= 0.3 is 5.97 Å². The summed E-state index contributed by atoms with van der Waals surface area (Å²) in [5.74, 6) is -0.227. The van der Waals surface area contributed by atoms with Gasteiger partial charge in [0.05, 0.1) is 13.2 Å². The summed E-state index contributed by atoms with van der Waals surface area (Å²) in [6.45, 7) is 9.00. The van der Waals surface area contributed by atoms with Gasteiger partial charge in [0.2, 0.25) is 0 Å². The molecule has 0 heterocycles. The fourth-order valence-corrected chi connectivity index (χ4v) is 6.44. The Bertz CT molecular complexity index is 580. The molecule has 0 aromatic heterocycles. The average molecular weight is 667 g/mol. The van der Waals surface area contributed by atoms with E-state index in [2.05, 4.69) is 20.8 Å². The minimum Gasteiger partial charge on any atom is -0.464 e. The summed E-state index contributed by atoms with van der Waals surface area (Å²) in [5.41, 5.74) is 0. The van der Waals surface area contributed by atoms with Gasteiger partial charge in [0, 0.05) is 13.2 Å². The number of rotatable bonds is 41. The standard InChI is InChI=1S/C43H86O4/c1-4-7-10-13-16-19-22-23-24-25-28-31-34-37-40-47-43(44)42(46-39-36-33-30-27-21-18-15-12-9-6-3)41-45-38-35-32-29-26-20-17-14-11-8-5-2/h42H,4-41H2,1-3H3. The monoisotopic (exact) mass is 667 g/mol. The van der Waals surface area contributed by atoms with Gasteiger partial charge < -0.3 is 14.2 Å². The van der Waals surface area contributed by atoms with Gasteiger partial charge in [-0.2, -0.15) is 0 Å². The van der Waals surface area contributed by atoms with E-state index >= 15 is 0 Å². The van der Waals surface area contributed by atoms with Crippen LogP contribution in [0.3, 0.4) is 0 Å². The molecule has 0 saturated heterocycles. The first kappa shape index (κ1) is 46.4. The molecule has 0 aliphatic heterocycles. The smallest absolute Gasteiger partial charge is 0.337 e. The highest BCUT2D eigenvalue weighted by molar-refractivity contribution is 5.74. The zero-order valence-electron chi connectivity index (χ0n) is 32.6. The minimum atomic E-state index is -0.580. The van der Waals surface area contributed by atoms with E-state index in [1.165, 1.54) is 193 Å². The predicted molar refractivity (Wildman–Crippen MR) is 206 cm³/mol. The molecule has 1 unspecified atom stereocenters. The second-order valence-electron chi connectivity index (χ2n) is 14.6. The van der Waals surface area contributed by atoms with Gasteiger partial charge in [-0.1, -0.05) is 220 Å². The molecule has 0 spiro atoms. The first-order valence-electron chi connectivity index (χ1n) is 21.6. The number of hydrogen-bond donors (Lipinski definition) is 0. The van der Waals surface area contributed by atoms with Crippen molar-refractivity contribution in [1.82, 2.24) is 0 Å². The van der Waals surface area contributed by atoms with Crippen LogP contribution in [0.5, 0.6) is 0 Å². The van der Waals surface area contributed by atoms with Crippen LogP contribution in [0.15, 0.2) is 0 Å². The van der Waals surface area contributed by atoms with Crippen LogP contribution in [-0.2, 0) is 19.0 Å². The second kappa shape index (κ2) is 41.6. The Morgan fingerprint density at radius 1 is 0.362 bits per heavy atom. The molecule has 4 nitrogen and oxygen atoms in total. The van der Waals surface area contributed by atoms with Crippen LogP contribution < -0.4 is 0 Å². The van der Waals surface area contributed by atoms with Gasteiger partial charge in [0.25, 0.3) is 0 Å². The first-order chi connectivity index (χ1) is 23.3. The lowest BCUT2D eigenvalue weighted by atomic mass is 10.0. The zero-order valence-corrected chi connectivity index (χ0v) is 32.6. The summed E-state index contributed by atoms with van der Waals surface area (Å²) in [6.07, 6.45) is 44.2. The van der Waals surface area contributed by atoms with Crippen LogP contribution in [0.25, 0.3) is 0 Å². The lowest BCUT2D eigenvalue weighted by Gasteiger charge is -2.17. The van der Waals surface area contributed by atoms with E-state index in [9.17, 15) is 4.79 Å². The van der Waals surface area contributed by atoms with E-state index in [0.29, 0.717) is 26.4 Å². The molecule has 0 aliphatic rings. The molecule has 0 fully saturated rings. The molecule has 0 aliphatic carbocycles. The molecule has 0 amide bonds. The molecule has 0 rings (SSSR count). The Labute approximate surface area is 296 Å². The normalized spacial score (nSPS) is 12.1. The largest absolute Gasteiger partial charge is 0.464 e. The summed E-state index contributed by atoms with van der Waals surface area (Å²) in [6, 6.07) is 0. The van der Waals surface area contributed by atoms with Crippen LogP contribution in [0.4, 0.5) is 0 Å². The third-order valence-corrected chi connectivity index (χ3v) is 9.73. The van der Waals surface area contributed by atoms with Crippen molar-refractivity contribution in [1.29, 1.82) is 0 Å². The van der Waals surface area contributed by atoms with Gasteiger partial charge in [-0.25, -0.2) is 4.79 Å². The topological polar surface area (TPSA) is 44.8 Å². The highest BCUT2D eigenvalue weighted by Gasteiger charge is 2.21. The summed E-state index contributed by atoms with van der Waals surface area (Å²) in [5, 5.41) is 0. The zero-order chi connectivity index (χ0) is 34.1. The highest BCUT2D eigenvalue weighted by atomic mass is 16.6. The van der Waals surface area contributed by atoms with Crippen LogP contribution in [0.2, 0.25) is 0 Å². The summed E-state index contributed by atoms with van der Waals surface area (Å²) < 4.78 is 17.7. The van der Waals surface area contributed by atoms with Crippen molar-refractivity contribution in [3.8, 4) is 0 Å². The number of ether oxygens (including phenoxy) is 3. The maximum absolute atomic E-state index is 12.9. The van der Waals surface area contributed by atoms with Crippen molar-refractivity contribution in [2.24, 2.45) is 0 Å². The number of hydrogen-bond acceptors (Lipinski definition) is 4. The third-order valence-electron chi connectivity index (χ3n) is 9.73. The summed E-state index contributed by atoms with van der Waals surface area (Å²) >= 11 is 0. The number of unbranched alkanes of at least 4 members (excludes halogenated alkanes) is 31. The molecule has 0 N–H and O–H groups in total. The highest BCUT2D eigenvalue weighted by Crippen LogP contribution is 2.15. The quantitative estimate of drug-likeness (QED) is 0.0481. The second-order valence-corrected chi connectivity index (χ2v) is 14.6. The molecule has 47 heavy (non-hydrogen) atoms. The van der Waals surface area contributed by atoms with Crippen LogP contribution in [0, 0.1) is 0 Å². The van der Waals surface area contributed by atoms with E-state index in [4.69, 9.17) is 14.2 Å². The Morgan fingerprint density at radius 2 is 0.638 bits per heavy atom. The first-order valence-corrected chi connectivity index (χ1v) is 21.6. The SMILES string of the molecule is CCCCCCCCCCCCCCCCOC(=O)C(COCCCCCCCCCCCC)OCCCCCCCCCCCC. The number of carbonyl (C=O) groups is 1. The molecule has 0 radical (unpaired) electrons. The summed E-state index contributed by atoms with van der Waals surface area (Å²) in [7, 11) is 0. The fraction of sp³-hybridized carbons (Fsp3) is 0.977. The minimum absolute atomic E-state index is 0.227. The van der Waals surface area contributed by atoms with E-state index in [1.807, 2.05) is 0 Å². The van der Waals surface area contributed by atoms with Crippen molar-refractivity contribution in [2.75, 3.05) is 26.4 Å². The van der Waals surface area contributed by atoms with Gasteiger partial charge in [0.1, 0.15) is 0 Å². The molecule has 0 saturated carbocycles. The molecule has 0 aromatic carbocycles. The van der Waals surface area contributed by atoms with Crippen molar-refractivity contribution in [2.45, 2.75) is 245 Å². The lowest BCUT2D eigenvalue weighted by Crippen LogP contribution is -2.32. The average Bonchev–Trinajstić information content (AvgIpc) is 3.08. The molecule has 282 valence electrons. The molecule has 0 bridgehead atoms. The van der Waals surface area contributed by atoms with E-state index in [0.717, 1.165) is 25.7 Å². The van der Waals surface area contributed by atoms with Gasteiger partial charge in [-0.3, -0.25) is 0 Å².